The van der Waals surface area contributed by atoms with E-state index in [2.05, 4.69) is 29.0 Å². The molecule has 0 saturated carbocycles. The van der Waals surface area contributed by atoms with Gasteiger partial charge >= 0.3 is 0 Å². The molecule has 1 amide bonds. The van der Waals surface area contributed by atoms with Crippen LogP contribution in [0.4, 0.5) is 0 Å². The van der Waals surface area contributed by atoms with Crippen LogP contribution < -0.4 is 5.32 Å². The van der Waals surface area contributed by atoms with Crippen molar-refractivity contribution in [2.45, 2.75) is 39.3 Å². The van der Waals surface area contributed by atoms with Crippen molar-refractivity contribution in [1.82, 2.24) is 15.1 Å². The van der Waals surface area contributed by atoms with Gasteiger partial charge in [0.1, 0.15) is 0 Å². The molecular formula is C13H25N3O. The second kappa shape index (κ2) is 5.36. The summed E-state index contributed by atoms with van der Waals surface area (Å²) in [6.45, 7) is 11.6. The zero-order chi connectivity index (χ0) is 12.4. The van der Waals surface area contributed by atoms with Crippen LogP contribution in [0, 0.1) is 5.92 Å². The standard InChI is InChI=1S/C13H25N3O/c1-10(2)15-6-4-12(8-15)9-16-7-5-14-11(3)13(16)17/h10-12,14H,4-9H2,1-3H3. The van der Waals surface area contributed by atoms with Crippen molar-refractivity contribution < 1.29 is 4.79 Å². The average Bonchev–Trinajstić information content (AvgIpc) is 2.73. The van der Waals surface area contributed by atoms with Crippen molar-refractivity contribution in [2.75, 3.05) is 32.7 Å². The van der Waals surface area contributed by atoms with Crippen molar-refractivity contribution in [2.24, 2.45) is 5.92 Å². The molecule has 98 valence electrons. The highest BCUT2D eigenvalue weighted by molar-refractivity contribution is 5.82. The zero-order valence-electron chi connectivity index (χ0n) is 11.3. The lowest BCUT2D eigenvalue weighted by molar-refractivity contribution is -0.135. The maximum Gasteiger partial charge on any atom is 0.239 e. The summed E-state index contributed by atoms with van der Waals surface area (Å²) >= 11 is 0. The van der Waals surface area contributed by atoms with Gasteiger partial charge in [-0.15, -0.1) is 0 Å². The van der Waals surface area contributed by atoms with Gasteiger partial charge in [0.05, 0.1) is 6.04 Å². The lowest BCUT2D eigenvalue weighted by Gasteiger charge is -2.33. The van der Waals surface area contributed by atoms with Crippen LogP contribution in [0.2, 0.25) is 0 Å². The molecule has 2 aliphatic heterocycles. The van der Waals surface area contributed by atoms with E-state index in [-0.39, 0.29) is 11.9 Å². The summed E-state index contributed by atoms with van der Waals surface area (Å²) in [6, 6.07) is 0.643. The maximum atomic E-state index is 12.0. The molecule has 2 aliphatic rings. The number of amides is 1. The molecule has 4 heteroatoms. The molecule has 1 N–H and O–H groups in total. The van der Waals surface area contributed by atoms with Crippen LogP contribution in [0.25, 0.3) is 0 Å². The van der Waals surface area contributed by atoms with E-state index < -0.39 is 0 Å². The number of carbonyl (C=O) groups is 1. The third-order valence-electron chi connectivity index (χ3n) is 4.04. The number of nitrogens with zero attached hydrogens (tertiary/aromatic N) is 2. The van der Waals surface area contributed by atoms with Crippen LogP contribution in [-0.4, -0.2) is 60.5 Å². The quantitative estimate of drug-likeness (QED) is 0.781. The minimum atomic E-state index is 0.00588. The Bertz CT molecular complexity index is 280. The summed E-state index contributed by atoms with van der Waals surface area (Å²) in [5, 5.41) is 3.21. The number of hydrogen-bond acceptors (Lipinski definition) is 3. The Kier molecular flexibility index (Phi) is 4.05. The predicted molar refractivity (Wildman–Crippen MR) is 68.9 cm³/mol. The van der Waals surface area contributed by atoms with Gasteiger partial charge in [-0.3, -0.25) is 4.79 Å². The van der Waals surface area contributed by atoms with Crippen molar-refractivity contribution in [3.05, 3.63) is 0 Å². The van der Waals surface area contributed by atoms with Crippen LogP contribution >= 0.6 is 0 Å². The first kappa shape index (κ1) is 12.8. The van der Waals surface area contributed by atoms with Crippen molar-refractivity contribution >= 4 is 5.91 Å². The van der Waals surface area contributed by atoms with E-state index in [1.807, 2.05) is 6.92 Å². The summed E-state index contributed by atoms with van der Waals surface area (Å²) in [4.78, 5) is 16.5. The van der Waals surface area contributed by atoms with E-state index in [0.717, 1.165) is 26.2 Å². The van der Waals surface area contributed by atoms with Crippen LogP contribution in [-0.2, 0) is 4.79 Å². The van der Waals surface area contributed by atoms with E-state index in [9.17, 15) is 4.79 Å². The van der Waals surface area contributed by atoms with Crippen molar-refractivity contribution in [3.8, 4) is 0 Å². The molecule has 0 aromatic carbocycles. The second-order valence-electron chi connectivity index (χ2n) is 5.70. The molecule has 0 aromatic rings. The average molecular weight is 239 g/mol. The molecule has 2 atom stereocenters. The summed E-state index contributed by atoms with van der Waals surface area (Å²) < 4.78 is 0. The zero-order valence-corrected chi connectivity index (χ0v) is 11.3. The summed E-state index contributed by atoms with van der Waals surface area (Å²) in [6.07, 6.45) is 1.24. The Morgan fingerprint density at radius 1 is 1.41 bits per heavy atom. The fourth-order valence-electron chi connectivity index (χ4n) is 2.86. The minimum absolute atomic E-state index is 0.00588. The van der Waals surface area contributed by atoms with Gasteiger partial charge in [-0.2, -0.15) is 0 Å². The molecule has 0 radical (unpaired) electrons. The Morgan fingerprint density at radius 2 is 2.18 bits per heavy atom. The lowest BCUT2D eigenvalue weighted by atomic mass is 10.1. The number of rotatable bonds is 3. The first-order valence-corrected chi connectivity index (χ1v) is 6.84. The number of likely N-dealkylation sites (tertiary alicyclic amines) is 1. The summed E-state index contributed by atoms with van der Waals surface area (Å²) in [5.74, 6) is 0.950. The molecule has 0 spiro atoms. The monoisotopic (exact) mass is 239 g/mol. The predicted octanol–water partition coefficient (Wildman–Crippen LogP) is 0.537. The van der Waals surface area contributed by atoms with E-state index in [1.165, 1.54) is 13.0 Å². The highest BCUT2D eigenvalue weighted by Gasteiger charge is 2.30. The van der Waals surface area contributed by atoms with Gasteiger partial charge in [0.2, 0.25) is 5.91 Å². The molecular weight excluding hydrogens is 214 g/mol. The number of hydrogen-bond donors (Lipinski definition) is 1. The largest absolute Gasteiger partial charge is 0.340 e. The molecule has 2 rings (SSSR count). The lowest BCUT2D eigenvalue weighted by Crippen LogP contribution is -2.54. The Hall–Kier alpha value is -0.610. The normalized spacial score (nSPS) is 31.5. The number of carbonyl (C=O) groups excluding carboxylic acids is 1. The Balaban J connectivity index is 1.83. The van der Waals surface area contributed by atoms with Gasteiger partial charge in [-0.05, 0) is 39.7 Å². The highest BCUT2D eigenvalue weighted by Crippen LogP contribution is 2.20. The first-order valence-electron chi connectivity index (χ1n) is 6.84. The topological polar surface area (TPSA) is 35.6 Å². The molecule has 2 unspecified atom stereocenters. The molecule has 17 heavy (non-hydrogen) atoms. The van der Waals surface area contributed by atoms with E-state index >= 15 is 0 Å². The second-order valence-corrected chi connectivity index (χ2v) is 5.70. The summed E-state index contributed by atoms with van der Waals surface area (Å²) in [7, 11) is 0. The van der Waals surface area contributed by atoms with Crippen LogP contribution in [0.1, 0.15) is 27.2 Å². The third-order valence-corrected chi connectivity index (χ3v) is 4.04. The fraction of sp³-hybridized carbons (Fsp3) is 0.923. The van der Waals surface area contributed by atoms with Gasteiger partial charge in [-0.25, -0.2) is 0 Å². The van der Waals surface area contributed by atoms with Gasteiger partial charge in [0.15, 0.2) is 0 Å². The van der Waals surface area contributed by atoms with Crippen LogP contribution in [0.5, 0.6) is 0 Å². The van der Waals surface area contributed by atoms with E-state index in [0.29, 0.717) is 12.0 Å². The fourth-order valence-corrected chi connectivity index (χ4v) is 2.86. The first-order chi connectivity index (χ1) is 8.08. The van der Waals surface area contributed by atoms with Crippen molar-refractivity contribution in [1.29, 1.82) is 0 Å². The van der Waals surface area contributed by atoms with Gasteiger partial charge < -0.3 is 15.1 Å². The van der Waals surface area contributed by atoms with E-state index in [1.54, 1.807) is 0 Å². The molecule has 4 nitrogen and oxygen atoms in total. The van der Waals surface area contributed by atoms with Crippen LogP contribution in [0.3, 0.4) is 0 Å². The molecule has 0 aliphatic carbocycles. The molecule has 2 heterocycles. The Morgan fingerprint density at radius 3 is 2.82 bits per heavy atom. The van der Waals surface area contributed by atoms with Gasteiger partial charge in [0.25, 0.3) is 0 Å². The summed E-state index contributed by atoms with van der Waals surface area (Å²) in [5.41, 5.74) is 0. The number of piperazine rings is 1. The molecule has 0 bridgehead atoms. The smallest absolute Gasteiger partial charge is 0.239 e. The third kappa shape index (κ3) is 2.99. The molecule has 0 aromatic heterocycles. The highest BCUT2D eigenvalue weighted by atomic mass is 16.2. The SMILES string of the molecule is CC1NCCN(CC2CCN(C(C)C)C2)C1=O. The van der Waals surface area contributed by atoms with E-state index in [4.69, 9.17) is 0 Å². The van der Waals surface area contributed by atoms with Gasteiger partial charge in [-0.1, -0.05) is 0 Å². The van der Waals surface area contributed by atoms with Crippen LogP contribution in [0.15, 0.2) is 0 Å². The maximum absolute atomic E-state index is 12.0. The van der Waals surface area contributed by atoms with Crippen molar-refractivity contribution in [3.63, 3.8) is 0 Å². The van der Waals surface area contributed by atoms with Gasteiger partial charge in [0, 0.05) is 32.2 Å². The minimum Gasteiger partial charge on any atom is -0.340 e. The molecule has 2 fully saturated rings. The molecule has 2 saturated heterocycles. The Labute approximate surface area is 104 Å². The number of nitrogens with one attached hydrogen (secondary N) is 1.